The maximum Gasteiger partial charge on any atom is 0.229 e. The Balaban J connectivity index is 1.78. The number of carbonyl (C=O) groups is 2. The molecule has 0 aliphatic carbocycles. The highest BCUT2D eigenvalue weighted by molar-refractivity contribution is 6.32. The van der Waals surface area contributed by atoms with Crippen LogP contribution in [-0.4, -0.2) is 32.6 Å². The number of anilines is 2. The van der Waals surface area contributed by atoms with E-state index in [-0.39, 0.29) is 18.2 Å². The monoisotopic (exact) mass is 388 g/mol. The number of nitrogens with zero attached hydrogens (tertiary/aromatic N) is 1. The summed E-state index contributed by atoms with van der Waals surface area (Å²) in [4.78, 5) is 26.9. The molecule has 27 heavy (non-hydrogen) atoms. The van der Waals surface area contributed by atoms with Crippen molar-refractivity contribution in [2.24, 2.45) is 5.92 Å². The molecule has 0 saturated carbocycles. The highest BCUT2D eigenvalue weighted by Crippen LogP contribution is 2.36. The van der Waals surface area contributed by atoms with Gasteiger partial charge in [0.15, 0.2) is 0 Å². The molecule has 6 nitrogen and oxygen atoms in total. The van der Waals surface area contributed by atoms with Gasteiger partial charge in [-0.15, -0.1) is 0 Å². The molecule has 0 bridgehead atoms. The molecule has 3 rings (SSSR count). The number of carbonyl (C=O) groups excluding carboxylic acids is 2. The summed E-state index contributed by atoms with van der Waals surface area (Å²) in [5, 5.41) is 3.21. The van der Waals surface area contributed by atoms with Gasteiger partial charge in [-0.25, -0.2) is 0 Å². The van der Waals surface area contributed by atoms with Crippen molar-refractivity contribution in [2.45, 2.75) is 13.3 Å². The summed E-state index contributed by atoms with van der Waals surface area (Å²) in [5.74, 6) is 0.0849. The Morgan fingerprint density at radius 2 is 1.89 bits per heavy atom. The van der Waals surface area contributed by atoms with Crippen molar-refractivity contribution >= 4 is 34.8 Å². The van der Waals surface area contributed by atoms with E-state index < -0.39 is 5.92 Å². The lowest BCUT2D eigenvalue weighted by Crippen LogP contribution is -2.28. The minimum atomic E-state index is -0.455. The standard InChI is InChI=1S/C20H21ClN2O4/c1-12-6-4-5-7-16(12)23-11-13(8-19(23)24)20(25)22-15-10-17(26-2)14(21)9-18(15)27-3/h4-7,9-10,13H,8,11H2,1-3H3,(H,22,25)/t13-/m1/s1. The number of amides is 2. The van der Waals surface area contributed by atoms with Crippen LogP contribution in [0, 0.1) is 12.8 Å². The summed E-state index contributed by atoms with van der Waals surface area (Å²) in [7, 11) is 2.99. The van der Waals surface area contributed by atoms with Crippen molar-refractivity contribution in [3.63, 3.8) is 0 Å². The lowest BCUT2D eigenvalue weighted by Gasteiger charge is -2.19. The summed E-state index contributed by atoms with van der Waals surface area (Å²) in [5.41, 5.74) is 2.28. The molecule has 7 heteroatoms. The molecule has 0 unspecified atom stereocenters. The molecule has 0 radical (unpaired) electrons. The average Bonchev–Trinajstić information content (AvgIpc) is 3.04. The Bertz CT molecular complexity index is 884. The van der Waals surface area contributed by atoms with Gasteiger partial charge in [-0.3, -0.25) is 9.59 Å². The molecule has 142 valence electrons. The van der Waals surface area contributed by atoms with E-state index in [1.807, 2.05) is 31.2 Å². The SMILES string of the molecule is COc1cc(NC(=O)[C@@H]2CC(=O)N(c3ccccc3C)C2)c(OC)cc1Cl. The van der Waals surface area contributed by atoms with Gasteiger partial charge in [0.25, 0.3) is 0 Å². The first kappa shape index (κ1) is 19.0. The van der Waals surface area contributed by atoms with E-state index in [1.165, 1.54) is 14.2 Å². The number of benzene rings is 2. The molecule has 2 aromatic carbocycles. The van der Waals surface area contributed by atoms with Crippen molar-refractivity contribution in [3.8, 4) is 11.5 Å². The average molecular weight is 389 g/mol. The Morgan fingerprint density at radius 3 is 2.56 bits per heavy atom. The molecular weight excluding hydrogens is 368 g/mol. The van der Waals surface area contributed by atoms with Crippen LogP contribution in [0.25, 0.3) is 0 Å². The van der Waals surface area contributed by atoms with Gasteiger partial charge in [-0.2, -0.15) is 0 Å². The van der Waals surface area contributed by atoms with Crippen LogP contribution in [0.4, 0.5) is 11.4 Å². The molecule has 1 heterocycles. The second kappa shape index (κ2) is 7.88. The van der Waals surface area contributed by atoms with E-state index in [4.69, 9.17) is 21.1 Å². The molecule has 1 atom stereocenters. The van der Waals surface area contributed by atoms with Gasteiger partial charge in [-0.1, -0.05) is 29.8 Å². The number of nitrogens with one attached hydrogen (secondary N) is 1. The molecule has 2 aromatic rings. The third-order valence-electron chi connectivity index (χ3n) is 4.63. The molecule has 1 N–H and O–H groups in total. The zero-order valence-corrected chi connectivity index (χ0v) is 16.2. The van der Waals surface area contributed by atoms with Crippen molar-refractivity contribution in [2.75, 3.05) is 31.0 Å². The van der Waals surface area contributed by atoms with Crippen LogP contribution in [0.3, 0.4) is 0 Å². The Hall–Kier alpha value is -2.73. The molecule has 1 fully saturated rings. The van der Waals surface area contributed by atoms with Gasteiger partial charge in [0.05, 0.1) is 30.8 Å². The quantitative estimate of drug-likeness (QED) is 0.848. The van der Waals surface area contributed by atoms with Crippen molar-refractivity contribution in [3.05, 3.63) is 47.0 Å². The summed E-state index contributed by atoms with van der Waals surface area (Å²) >= 11 is 6.10. The molecule has 1 saturated heterocycles. The van der Waals surface area contributed by atoms with Crippen LogP contribution < -0.4 is 19.7 Å². The predicted molar refractivity (Wildman–Crippen MR) is 105 cm³/mol. The number of para-hydroxylation sites is 1. The number of ether oxygens (including phenoxy) is 2. The summed E-state index contributed by atoms with van der Waals surface area (Å²) < 4.78 is 10.5. The fourth-order valence-electron chi connectivity index (χ4n) is 3.18. The highest BCUT2D eigenvalue weighted by Gasteiger charge is 2.36. The summed E-state index contributed by atoms with van der Waals surface area (Å²) in [6.07, 6.45) is 0.160. The number of methoxy groups -OCH3 is 2. The van der Waals surface area contributed by atoms with Gasteiger partial charge < -0.3 is 19.7 Å². The predicted octanol–water partition coefficient (Wildman–Crippen LogP) is 3.66. The fourth-order valence-corrected chi connectivity index (χ4v) is 3.41. The minimum Gasteiger partial charge on any atom is -0.495 e. The zero-order valence-electron chi connectivity index (χ0n) is 15.4. The summed E-state index contributed by atoms with van der Waals surface area (Å²) in [6, 6.07) is 10.8. The van der Waals surface area contributed by atoms with E-state index in [0.717, 1.165) is 11.3 Å². The van der Waals surface area contributed by atoms with Crippen LogP contribution >= 0.6 is 11.6 Å². The van der Waals surface area contributed by atoms with Gasteiger partial charge in [-0.05, 0) is 18.6 Å². The fraction of sp³-hybridized carbons (Fsp3) is 0.300. The van der Waals surface area contributed by atoms with Crippen LogP contribution in [-0.2, 0) is 9.59 Å². The van der Waals surface area contributed by atoms with Crippen molar-refractivity contribution < 1.29 is 19.1 Å². The van der Waals surface area contributed by atoms with Crippen molar-refractivity contribution in [1.82, 2.24) is 0 Å². The van der Waals surface area contributed by atoms with E-state index in [9.17, 15) is 9.59 Å². The van der Waals surface area contributed by atoms with Gasteiger partial charge in [0.2, 0.25) is 11.8 Å². The van der Waals surface area contributed by atoms with Crippen LogP contribution in [0.2, 0.25) is 5.02 Å². The number of hydrogen-bond donors (Lipinski definition) is 1. The van der Waals surface area contributed by atoms with E-state index in [1.54, 1.807) is 17.0 Å². The maximum atomic E-state index is 12.8. The molecular formula is C20H21ClN2O4. The van der Waals surface area contributed by atoms with E-state index in [2.05, 4.69) is 5.32 Å². The Kier molecular flexibility index (Phi) is 5.56. The van der Waals surface area contributed by atoms with Crippen molar-refractivity contribution in [1.29, 1.82) is 0 Å². The third kappa shape index (κ3) is 3.85. The lowest BCUT2D eigenvalue weighted by molar-refractivity contribution is -0.122. The lowest BCUT2D eigenvalue weighted by atomic mass is 10.1. The van der Waals surface area contributed by atoms with E-state index in [0.29, 0.717) is 28.8 Å². The maximum absolute atomic E-state index is 12.8. The smallest absolute Gasteiger partial charge is 0.229 e. The summed E-state index contributed by atoms with van der Waals surface area (Å²) in [6.45, 7) is 2.28. The number of halogens is 1. The second-order valence-corrected chi connectivity index (χ2v) is 6.78. The van der Waals surface area contributed by atoms with Crippen LogP contribution in [0.5, 0.6) is 11.5 Å². The number of hydrogen-bond acceptors (Lipinski definition) is 4. The molecule has 1 aliphatic heterocycles. The molecule has 0 spiro atoms. The minimum absolute atomic E-state index is 0.0647. The van der Waals surface area contributed by atoms with Crippen LogP contribution in [0.15, 0.2) is 36.4 Å². The Morgan fingerprint density at radius 1 is 1.19 bits per heavy atom. The molecule has 0 aromatic heterocycles. The second-order valence-electron chi connectivity index (χ2n) is 6.37. The first-order chi connectivity index (χ1) is 12.9. The van der Waals surface area contributed by atoms with Gasteiger partial charge in [0, 0.05) is 30.8 Å². The van der Waals surface area contributed by atoms with Gasteiger partial charge in [0.1, 0.15) is 11.5 Å². The number of aryl methyl sites for hydroxylation is 1. The van der Waals surface area contributed by atoms with E-state index >= 15 is 0 Å². The first-order valence-electron chi connectivity index (χ1n) is 8.53. The van der Waals surface area contributed by atoms with Crippen LogP contribution in [0.1, 0.15) is 12.0 Å². The van der Waals surface area contributed by atoms with Gasteiger partial charge >= 0.3 is 0 Å². The third-order valence-corrected chi connectivity index (χ3v) is 4.93. The number of rotatable bonds is 5. The largest absolute Gasteiger partial charge is 0.495 e. The highest BCUT2D eigenvalue weighted by atomic mass is 35.5. The Labute approximate surface area is 163 Å². The topological polar surface area (TPSA) is 67.9 Å². The first-order valence-corrected chi connectivity index (χ1v) is 8.90. The molecule has 2 amide bonds. The molecule has 1 aliphatic rings. The normalized spacial score (nSPS) is 16.4. The zero-order chi connectivity index (χ0) is 19.6.